The number of nitrogens with zero attached hydrogens (tertiary/aromatic N) is 2. The number of nitrogens with one attached hydrogen (secondary N) is 1. The summed E-state index contributed by atoms with van der Waals surface area (Å²) in [5.74, 6) is -3.15. The zero-order chi connectivity index (χ0) is 21.7. The molecule has 1 unspecified atom stereocenters. The number of carboxylic acids is 1. The molecule has 154 valence electrons. The molecule has 1 aliphatic rings. The Kier molecular flexibility index (Phi) is 6.87. The van der Waals surface area contributed by atoms with E-state index < -0.39 is 41.7 Å². The fourth-order valence-electron chi connectivity index (χ4n) is 3.12. The van der Waals surface area contributed by atoms with Gasteiger partial charge >= 0.3 is 12.0 Å². The van der Waals surface area contributed by atoms with Crippen LogP contribution in [0.3, 0.4) is 0 Å². The first-order valence-corrected chi connectivity index (χ1v) is 8.90. The zero-order valence-corrected chi connectivity index (χ0v) is 16.1. The third kappa shape index (κ3) is 4.87. The minimum absolute atomic E-state index is 0.0890. The fourth-order valence-corrected chi connectivity index (χ4v) is 3.12. The molecule has 1 aromatic rings. The molecule has 1 heterocycles. The van der Waals surface area contributed by atoms with E-state index in [4.69, 9.17) is 5.73 Å². The van der Waals surface area contributed by atoms with E-state index >= 15 is 0 Å². The lowest BCUT2D eigenvalue weighted by Gasteiger charge is -2.43. The van der Waals surface area contributed by atoms with Crippen LogP contribution >= 0.6 is 0 Å². The number of β-lactam (4-membered cyclic amide) rings is 1. The van der Waals surface area contributed by atoms with Crippen LogP contribution in [-0.4, -0.2) is 40.7 Å². The molecule has 9 heteroatoms. The van der Waals surface area contributed by atoms with E-state index in [1.54, 1.807) is 26.0 Å². The number of carboxylic acid groups (broad SMARTS) is 1. The van der Waals surface area contributed by atoms with Gasteiger partial charge in [0.05, 0.1) is 12.0 Å². The molecule has 1 aromatic carbocycles. The number of amides is 3. The molecule has 0 saturated carbocycles. The van der Waals surface area contributed by atoms with Crippen molar-refractivity contribution in [1.29, 1.82) is 0 Å². The second kappa shape index (κ2) is 9.13. The van der Waals surface area contributed by atoms with Crippen LogP contribution in [0.2, 0.25) is 0 Å². The summed E-state index contributed by atoms with van der Waals surface area (Å²) >= 11 is 0. The molecular weight excluding hydrogens is 379 g/mol. The van der Waals surface area contributed by atoms with Crippen LogP contribution in [-0.2, 0) is 9.59 Å². The number of imide groups is 1. The molecule has 0 spiro atoms. The summed E-state index contributed by atoms with van der Waals surface area (Å²) in [7, 11) is 0. The molecule has 4 N–H and O–H groups in total. The second-order valence-electron chi connectivity index (χ2n) is 6.62. The van der Waals surface area contributed by atoms with Gasteiger partial charge in [0.1, 0.15) is 11.6 Å². The Bertz CT molecular complexity index is 896. The van der Waals surface area contributed by atoms with Crippen molar-refractivity contribution in [3.05, 3.63) is 59.2 Å². The Hall–Kier alpha value is -3.49. The summed E-state index contributed by atoms with van der Waals surface area (Å²) in [5.41, 5.74) is 6.69. The Balaban J connectivity index is 2.13. The lowest BCUT2D eigenvalue weighted by Crippen LogP contribution is -2.68. The number of urea groups is 1. The highest BCUT2D eigenvalue weighted by atomic mass is 19.1. The molecule has 8 nitrogen and oxygen atoms in total. The van der Waals surface area contributed by atoms with E-state index in [0.29, 0.717) is 16.0 Å². The number of allylic oxidation sites excluding steroid dienone is 3. The van der Waals surface area contributed by atoms with E-state index in [-0.39, 0.29) is 12.2 Å². The lowest BCUT2D eigenvalue weighted by molar-refractivity contribution is -0.165. The predicted molar refractivity (Wildman–Crippen MR) is 105 cm³/mol. The molecule has 2 rings (SSSR count). The van der Waals surface area contributed by atoms with E-state index in [1.165, 1.54) is 24.3 Å². The predicted octanol–water partition coefficient (Wildman–Crippen LogP) is 2.35. The minimum Gasteiger partial charge on any atom is -0.480 e. The van der Waals surface area contributed by atoms with E-state index in [1.807, 2.05) is 0 Å². The number of carbonyl (C=O) groups is 3. The van der Waals surface area contributed by atoms with Crippen molar-refractivity contribution in [2.75, 3.05) is 0 Å². The SMILES string of the molecule is C=N/C(N)=C\C(=C/C)C[C@H]1C(=O)N(C(=O)NC(C)c2cccc(F)c2)[C@@H]1C(=O)O. The molecule has 1 aliphatic heterocycles. The summed E-state index contributed by atoms with van der Waals surface area (Å²) in [5, 5.41) is 12.1. The van der Waals surface area contributed by atoms with Crippen molar-refractivity contribution >= 4 is 24.6 Å². The van der Waals surface area contributed by atoms with Gasteiger partial charge < -0.3 is 16.2 Å². The van der Waals surface area contributed by atoms with Crippen molar-refractivity contribution in [3.63, 3.8) is 0 Å². The van der Waals surface area contributed by atoms with Gasteiger partial charge in [0.2, 0.25) is 5.91 Å². The summed E-state index contributed by atoms with van der Waals surface area (Å²) < 4.78 is 13.4. The highest BCUT2D eigenvalue weighted by Crippen LogP contribution is 2.33. The van der Waals surface area contributed by atoms with Gasteiger partial charge in [-0.1, -0.05) is 18.2 Å². The van der Waals surface area contributed by atoms with Crippen LogP contribution in [0, 0.1) is 11.7 Å². The molecule has 0 aromatic heterocycles. The molecule has 1 saturated heterocycles. The number of aliphatic carboxylic acids is 1. The third-order valence-corrected chi connectivity index (χ3v) is 4.72. The standard InChI is InChI=1S/C20H23FN4O4/c1-4-12(9-16(22)23-3)8-15-17(19(27)28)25(18(15)26)20(29)24-11(2)13-6-5-7-14(21)10-13/h4-7,9-11,15,17H,3,8,22H2,1-2H3,(H,24,29)(H,27,28)/b12-4-,16-9-/t11?,15-,17+/m1/s1. The summed E-state index contributed by atoms with van der Waals surface area (Å²) in [6.07, 6.45) is 3.26. The van der Waals surface area contributed by atoms with E-state index in [9.17, 15) is 23.9 Å². The van der Waals surface area contributed by atoms with Gasteiger partial charge in [-0.05, 0) is 56.3 Å². The quantitative estimate of drug-likeness (QED) is 0.367. The summed E-state index contributed by atoms with van der Waals surface area (Å²) in [6.45, 7) is 6.62. The number of hydrogen-bond donors (Lipinski definition) is 3. The molecule has 3 atom stereocenters. The first kappa shape index (κ1) is 21.8. The number of likely N-dealkylation sites (tertiary alicyclic amines) is 1. The Morgan fingerprint density at radius 3 is 2.72 bits per heavy atom. The maximum Gasteiger partial charge on any atom is 0.327 e. The van der Waals surface area contributed by atoms with Gasteiger partial charge in [-0.15, -0.1) is 0 Å². The largest absolute Gasteiger partial charge is 0.480 e. The van der Waals surface area contributed by atoms with Crippen LogP contribution in [0.4, 0.5) is 9.18 Å². The summed E-state index contributed by atoms with van der Waals surface area (Å²) in [6, 6.07) is 2.85. The van der Waals surface area contributed by atoms with E-state index in [0.717, 1.165) is 0 Å². The number of benzene rings is 1. The van der Waals surface area contributed by atoms with Crippen LogP contribution < -0.4 is 11.1 Å². The maximum absolute atomic E-state index is 13.4. The number of hydrogen-bond acceptors (Lipinski definition) is 5. The molecule has 0 radical (unpaired) electrons. The number of halogens is 1. The van der Waals surface area contributed by atoms with Gasteiger partial charge in [0, 0.05) is 0 Å². The Morgan fingerprint density at radius 1 is 1.48 bits per heavy atom. The van der Waals surface area contributed by atoms with Crippen molar-refractivity contribution in [3.8, 4) is 0 Å². The first-order valence-electron chi connectivity index (χ1n) is 8.90. The van der Waals surface area contributed by atoms with Crippen molar-refractivity contribution < 1.29 is 23.9 Å². The molecule has 0 aliphatic carbocycles. The fraction of sp³-hybridized carbons (Fsp3) is 0.300. The average Bonchev–Trinajstić information content (AvgIpc) is 2.67. The zero-order valence-electron chi connectivity index (χ0n) is 16.1. The summed E-state index contributed by atoms with van der Waals surface area (Å²) in [4.78, 5) is 41.0. The number of carbonyl (C=O) groups excluding carboxylic acids is 2. The first-order chi connectivity index (χ1) is 13.7. The topological polar surface area (TPSA) is 125 Å². The van der Waals surface area contributed by atoms with Gasteiger partial charge in [-0.25, -0.2) is 23.9 Å². The van der Waals surface area contributed by atoms with Gasteiger partial charge in [0.25, 0.3) is 0 Å². The molecule has 1 fully saturated rings. The van der Waals surface area contributed by atoms with Crippen LogP contribution in [0.15, 0.2) is 52.8 Å². The second-order valence-corrected chi connectivity index (χ2v) is 6.62. The van der Waals surface area contributed by atoms with Crippen LogP contribution in [0.25, 0.3) is 0 Å². The monoisotopic (exact) mass is 402 g/mol. The van der Waals surface area contributed by atoms with Gasteiger partial charge in [-0.3, -0.25) is 4.79 Å². The highest BCUT2D eigenvalue weighted by Gasteiger charge is 2.54. The average molecular weight is 402 g/mol. The maximum atomic E-state index is 13.4. The highest BCUT2D eigenvalue weighted by molar-refractivity contribution is 6.07. The van der Waals surface area contributed by atoms with Crippen LogP contribution in [0.1, 0.15) is 31.9 Å². The lowest BCUT2D eigenvalue weighted by atomic mass is 9.82. The molecular formula is C20H23FN4O4. The Labute approximate surface area is 167 Å². The molecule has 29 heavy (non-hydrogen) atoms. The molecule has 3 amide bonds. The van der Waals surface area contributed by atoms with Crippen LogP contribution in [0.5, 0.6) is 0 Å². The number of rotatable bonds is 7. The Morgan fingerprint density at radius 2 is 2.17 bits per heavy atom. The smallest absolute Gasteiger partial charge is 0.327 e. The normalized spacial score (nSPS) is 20.7. The van der Waals surface area contributed by atoms with Crippen molar-refractivity contribution in [2.24, 2.45) is 16.6 Å². The van der Waals surface area contributed by atoms with Crippen molar-refractivity contribution in [1.82, 2.24) is 10.2 Å². The van der Waals surface area contributed by atoms with Crippen molar-refractivity contribution in [2.45, 2.75) is 32.4 Å². The number of nitrogens with two attached hydrogens (primary N) is 1. The van der Waals surface area contributed by atoms with Gasteiger partial charge in [0.15, 0.2) is 6.04 Å². The third-order valence-electron chi connectivity index (χ3n) is 4.72. The minimum atomic E-state index is -1.32. The van der Waals surface area contributed by atoms with Gasteiger partial charge in [-0.2, -0.15) is 0 Å². The molecule has 0 bridgehead atoms. The van der Waals surface area contributed by atoms with E-state index in [2.05, 4.69) is 17.0 Å². The number of aliphatic imine (C=N–C) groups is 1.